The Morgan fingerprint density at radius 1 is 1.21 bits per heavy atom. The highest BCUT2D eigenvalue weighted by Gasteiger charge is 2.27. The molecule has 3 aliphatic rings. The number of carbonyl (C=O) groups excluding carboxylic acids is 2. The lowest BCUT2D eigenvalue weighted by Gasteiger charge is -2.01. The van der Waals surface area contributed by atoms with Crippen molar-refractivity contribution in [3.63, 3.8) is 0 Å². The Morgan fingerprint density at radius 3 is 2.33 bits per heavy atom. The molecule has 1 unspecified atom stereocenters. The summed E-state index contributed by atoms with van der Waals surface area (Å²) in [6.45, 7) is 5.86. The van der Waals surface area contributed by atoms with Crippen LogP contribution in [-0.2, 0) is 40.0 Å². The van der Waals surface area contributed by atoms with E-state index in [1.54, 1.807) is 13.0 Å². The van der Waals surface area contributed by atoms with Crippen LogP contribution in [-0.4, -0.2) is 72.3 Å². The number of primary amides is 2. The highest BCUT2D eigenvalue weighted by atomic mass is 127. The molecule has 17 heteroatoms. The summed E-state index contributed by atoms with van der Waals surface area (Å²) in [7, 11) is -0.0210. The average molecular weight is 719 g/mol. The van der Waals surface area contributed by atoms with Gasteiger partial charge in [-0.1, -0.05) is 36.8 Å². The summed E-state index contributed by atoms with van der Waals surface area (Å²) in [5.41, 5.74) is 15.0. The summed E-state index contributed by atoms with van der Waals surface area (Å²) in [5, 5.41) is 26.2. The molecule has 0 aliphatic carbocycles. The monoisotopic (exact) mass is 719 g/mol. The van der Waals surface area contributed by atoms with E-state index in [0.717, 1.165) is 59.8 Å². The van der Waals surface area contributed by atoms with Crippen molar-refractivity contribution in [1.82, 2.24) is 5.32 Å². The number of halogens is 1. The first-order valence-electron chi connectivity index (χ1n) is 12.6. The number of hydrogen-bond donors (Lipinski definition) is 6. The third-order valence-corrected chi connectivity index (χ3v) is 7.12. The van der Waals surface area contributed by atoms with E-state index in [1.807, 2.05) is 12.1 Å². The van der Waals surface area contributed by atoms with Crippen molar-refractivity contribution in [2.45, 2.75) is 45.9 Å². The highest BCUT2D eigenvalue weighted by molar-refractivity contribution is 14.1. The fourth-order valence-corrected chi connectivity index (χ4v) is 4.62. The topological polar surface area (TPSA) is 229 Å². The van der Waals surface area contributed by atoms with E-state index in [0.29, 0.717) is 12.4 Å². The van der Waals surface area contributed by atoms with E-state index < -0.39 is 33.6 Å². The molecule has 0 aromatic heterocycles. The predicted molar refractivity (Wildman–Crippen MR) is 170 cm³/mol. The fraction of sp³-hybridized carbons (Fsp3) is 0.360. The molecule has 3 aliphatic heterocycles. The molecule has 0 bridgehead atoms. The van der Waals surface area contributed by atoms with Crippen LogP contribution in [0.2, 0.25) is 0 Å². The minimum absolute atomic E-state index is 0.0463. The molecule has 2 aromatic rings. The first-order chi connectivity index (χ1) is 20.1. The molecular formula is C25H36B2IN3O10S. The largest absolute Gasteiger partial charge is 0.491 e. The van der Waals surface area contributed by atoms with Crippen LogP contribution in [0.5, 0.6) is 0 Å². The van der Waals surface area contributed by atoms with Gasteiger partial charge in [-0.25, -0.2) is 4.79 Å². The van der Waals surface area contributed by atoms with Crippen LogP contribution >= 0.6 is 33.0 Å². The molecular weight excluding hydrogens is 683 g/mol. The zero-order chi connectivity index (χ0) is 31.9. The van der Waals surface area contributed by atoms with Gasteiger partial charge in [0.2, 0.25) is 12.3 Å². The molecule has 1 fully saturated rings. The fourth-order valence-electron chi connectivity index (χ4n) is 3.59. The SMILES string of the molecule is CCSC(=O)O.Cc1ccc2c(c1)BOC2.NC(=O)C1CCCN1.NC=O.O=CO.O=Ic1ccc2c(c1)B(O)OC2. The van der Waals surface area contributed by atoms with E-state index in [1.165, 1.54) is 16.6 Å². The van der Waals surface area contributed by atoms with Crippen LogP contribution in [0.3, 0.4) is 0 Å². The van der Waals surface area contributed by atoms with Gasteiger partial charge in [-0.15, -0.1) is 0 Å². The maximum Gasteiger partial charge on any atom is 0.491 e. The maximum atomic E-state index is 10.6. The Bertz CT molecular complexity index is 1140. The van der Waals surface area contributed by atoms with Crippen molar-refractivity contribution in [3.05, 3.63) is 56.7 Å². The first-order valence-corrected chi connectivity index (χ1v) is 15.5. The minimum Gasteiger partial charge on any atom is -0.483 e. The summed E-state index contributed by atoms with van der Waals surface area (Å²) in [6.07, 6.45) is 2.24. The summed E-state index contributed by atoms with van der Waals surface area (Å²) >= 11 is -0.232. The quantitative estimate of drug-likeness (QED) is 0.143. The Balaban J connectivity index is 0.000000514. The number of rotatable bonds is 3. The van der Waals surface area contributed by atoms with E-state index in [2.05, 4.69) is 36.2 Å². The zero-order valence-corrected chi connectivity index (χ0v) is 26.3. The number of carboxylic acid groups (broad SMARTS) is 2. The molecule has 0 spiro atoms. The number of aryl methyl sites for hydroxylation is 1. The van der Waals surface area contributed by atoms with E-state index in [9.17, 15) is 17.7 Å². The van der Waals surface area contributed by atoms with Gasteiger partial charge in [-0.05, 0) is 72.3 Å². The van der Waals surface area contributed by atoms with Crippen LogP contribution in [0.25, 0.3) is 0 Å². The number of nitrogens with two attached hydrogens (primary N) is 2. The lowest BCUT2D eigenvalue weighted by molar-refractivity contribution is -0.123. The van der Waals surface area contributed by atoms with Gasteiger partial charge in [0.05, 0.1) is 19.3 Å². The summed E-state index contributed by atoms with van der Waals surface area (Å²) in [6, 6.07) is 11.9. The van der Waals surface area contributed by atoms with Gasteiger partial charge in [-0.2, -0.15) is 0 Å². The Labute approximate surface area is 260 Å². The average Bonchev–Trinajstić information content (AvgIpc) is 3.72. The summed E-state index contributed by atoms with van der Waals surface area (Å²) < 4.78 is 21.7. The Hall–Kier alpha value is -2.83. The third kappa shape index (κ3) is 16.6. The lowest BCUT2D eigenvalue weighted by Crippen LogP contribution is -2.36. The van der Waals surface area contributed by atoms with E-state index in [-0.39, 0.29) is 24.8 Å². The normalized spacial score (nSPS) is 14.8. The van der Waals surface area contributed by atoms with Crippen molar-refractivity contribution in [2.24, 2.45) is 11.5 Å². The first kappa shape index (κ1) is 39.2. The molecule has 42 heavy (non-hydrogen) atoms. The number of benzene rings is 2. The van der Waals surface area contributed by atoms with Crippen molar-refractivity contribution in [1.29, 1.82) is 0 Å². The van der Waals surface area contributed by atoms with Crippen LogP contribution in [0.4, 0.5) is 4.79 Å². The van der Waals surface area contributed by atoms with Crippen molar-refractivity contribution < 1.29 is 46.8 Å². The molecule has 0 radical (unpaired) electrons. The smallest absolute Gasteiger partial charge is 0.483 e. The van der Waals surface area contributed by atoms with Gasteiger partial charge in [-0.3, -0.25) is 17.5 Å². The molecule has 1 atom stereocenters. The van der Waals surface area contributed by atoms with Crippen molar-refractivity contribution in [3.8, 4) is 0 Å². The van der Waals surface area contributed by atoms with E-state index in [4.69, 9.17) is 34.8 Å². The molecule has 13 nitrogen and oxygen atoms in total. The minimum atomic E-state index is -1.13. The number of hydrogen-bond acceptors (Lipinski definition) is 10. The second-order valence-corrected chi connectivity index (χ2v) is 11.2. The van der Waals surface area contributed by atoms with Gasteiger partial charge in [0.25, 0.3) is 6.47 Å². The molecule has 8 N–H and O–H groups in total. The van der Waals surface area contributed by atoms with Gasteiger partial charge in [0.1, 0.15) is 0 Å². The second-order valence-electron chi connectivity index (χ2n) is 8.34. The lowest BCUT2D eigenvalue weighted by atomic mass is 9.80. The highest BCUT2D eigenvalue weighted by Crippen LogP contribution is 2.14. The maximum absolute atomic E-state index is 10.6. The van der Waals surface area contributed by atoms with Gasteiger partial charge >= 0.3 is 19.9 Å². The Kier molecular flexibility index (Phi) is 22.1. The van der Waals surface area contributed by atoms with Gasteiger partial charge in [0.15, 0.2) is 21.2 Å². The van der Waals surface area contributed by atoms with Gasteiger partial charge in [0, 0.05) is 9.32 Å². The number of thioether (sulfide) groups is 1. The van der Waals surface area contributed by atoms with Crippen LogP contribution < -0.4 is 27.7 Å². The molecule has 0 saturated carbocycles. The number of fused-ring (bicyclic) bond motifs is 2. The van der Waals surface area contributed by atoms with Crippen LogP contribution in [0, 0.1) is 10.5 Å². The van der Waals surface area contributed by atoms with Crippen LogP contribution in [0.1, 0.15) is 36.5 Å². The van der Waals surface area contributed by atoms with Crippen LogP contribution in [0.15, 0.2) is 36.4 Å². The molecule has 1 saturated heterocycles. The summed E-state index contributed by atoms with van der Waals surface area (Å²) in [4.78, 5) is 36.9. The third-order valence-electron chi connectivity index (χ3n) is 5.41. The molecule has 2 aromatic carbocycles. The number of amides is 2. The molecule has 5 rings (SSSR count). The van der Waals surface area contributed by atoms with Crippen molar-refractivity contribution >= 4 is 82.6 Å². The summed E-state index contributed by atoms with van der Waals surface area (Å²) in [5.74, 6) is 0.428. The zero-order valence-electron chi connectivity index (χ0n) is 23.4. The second kappa shape index (κ2) is 23.7. The molecule has 2 amide bonds. The Morgan fingerprint density at radius 2 is 1.86 bits per heavy atom. The van der Waals surface area contributed by atoms with Gasteiger partial charge < -0.3 is 41.3 Å². The predicted octanol–water partition coefficient (Wildman–Crippen LogP) is 0.336. The standard InChI is InChI=1S/C8H9BO.C7H6BIO3.C5H10N2O.C3H6O2S.CH3NO.CH2O2/c1-6-2-3-7-5-10-9-8(7)4-6;10-8-7-3-6(9-11)2-1-5(7)4-12-8;6-5(8)4-2-1-3-7-4;1-2-6-3(4)5;2*2-1-3/h2-4,9H,5H2,1H3;1-3,10H,4H2;4,7H,1-3H2,(H2,6,8);2H2,1H3,(H,4,5);1H,(H2,2,3);1H,(H,2,3). The van der Waals surface area contributed by atoms with E-state index >= 15 is 0 Å². The molecule has 3 heterocycles. The molecule has 230 valence electrons. The number of carbonyl (C=O) groups is 4. The number of nitrogens with one attached hydrogen (secondary N) is 1. The van der Waals surface area contributed by atoms with Crippen molar-refractivity contribution in [2.75, 3.05) is 12.3 Å².